The molecule has 0 saturated carbocycles. The average molecular weight is 401 g/mol. The first-order chi connectivity index (χ1) is 13.9. The maximum atomic E-state index is 4.73. The summed E-state index contributed by atoms with van der Waals surface area (Å²) in [6.45, 7) is 0. The van der Waals surface area contributed by atoms with Gasteiger partial charge in [0.2, 0.25) is 0 Å². The van der Waals surface area contributed by atoms with Crippen molar-refractivity contribution in [3.8, 4) is 0 Å². The fourth-order valence-electron chi connectivity index (χ4n) is 3.55. The smallest absolute Gasteiger partial charge is 0.0629 e. The molecule has 0 fully saturated rings. The number of hydrogen-bond donors (Lipinski definition) is 1. The number of halogens is 1. The minimum absolute atomic E-state index is 0. The van der Waals surface area contributed by atoms with Crippen LogP contribution in [0.5, 0.6) is 0 Å². The lowest BCUT2D eigenvalue weighted by atomic mass is 9.84. The van der Waals surface area contributed by atoms with Gasteiger partial charge in [-0.15, -0.1) is 12.4 Å². The summed E-state index contributed by atoms with van der Waals surface area (Å²) < 4.78 is 0. The first kappa shape index (κ1) is 20.6. The number of hydrogen-bond acceptors (Lipinski definition) is 2. The van der Waals surface area contributed by atoms with Crippen LogP contribution < -0.4 is 5.32 Å². The number of aliphatic imine (C=N–C) groups is 1. The van der Waals surface area contributed by atoms with Crippen molar-refractivity contribution in [2.75, 3.05) is 5.32 Å². The molecule has 1 N–H and O–H groups in total. The second-order valence-corrected chi connectivity index (χ2v) is 6.89. The third-order valence-corrected chi connectivity index (χ3v) is 4.91. The molecule has 29 heavy (non-hydrogen) atoms. The summed E-state index contributed by atoms with van der Waals surface area (Å²) in [5, 5.41) is 3.47. The molecule has 0 amide bonds. The van der Waals surface area contributed by atoms with E-state index in [1.54, 1.807) is 0 Å². The molecular weight excluding hydrogens is 376 g/mol. The molecule has 0 bridgehead atoms. The lowest BCUT2D eigenvalue weighted by molar-refractivity contribution is 0.813. The molecule has 0 atom stereocenters. The first-order valence-electron chi connectivity index (χ1n) is 9.79. The Balaban J connectivity index is 0.00000240. The highest BCUT2D eigenvalue weighted by Gasteiger charge is 2.18. The lowest BCUT2D eigenvalue weighted by Gasteiger charge is -2.22. The number of nitrogens with one attached hydrogen (secondary N) is 1. The molecule has 3 aromatic rings. The summed E-state index contributed by atoms with van der Waals surface area (Å²) >= 11 is 0. The molecule has 3 aromatic carbocycles. The molecule has 1 aliphatic carbocycles. The molecule has 0 aliphatic heterocycles. The second-order valence-electron chi connectivity index (χ2n) is 6.89. The summed E-state index contributed by atoms with van der Waals surface area (Å²) in [7, 11) is 0. The largest absolute Gasteiger partial charge is 0.361 e. The van der Waals surface area contributed by atoms with Crippen LogP contribution in [-0.4, -0.2) is 6.21 Å². The van der Waals surface area contributed by atoms with Crippen molar-refractivity contribution in [1.29, 1.82) is 0 Å². The molecule has 146 valence electrons. The van der Waals surface area contributed by atoms with Crippen LogP contribution in [0.2, 0.25) is 0 Å². The summed E-state index contributed by atoms with van der Waals surface area (Å²) in [6.07, 6.45) is 7.45. The topological polar surface area (TPSA) is 24.4 Å². The van der Waals surface area contributed by atoms with Gasteiger partial charge in [0.05, 0.1) is 5.69 Å². The van der Waals surface area contributed by atoms with Gasteiger partial charge in [0.25, 0.3) is 0 Å². The fourth-order valence-corrected chi connectivity index (χ4v) is 3.55. The standard InChI is InChI=1S/C26H24N2.ClH/c1-4-11-21(12-5-1)26-22(19-27-24-15-6-2-7-16-24)13-10-14-23(26)20-28-25-17-8-3-9-18-25;/h1-9,11-12,15-20,27H,10,13-14H2;1H. The second kappa shape index (κ2) is 10.4. The summed E-state index contributed by atoms with van der Waals surface area (Å²) in [4.78, 5) is 4.73. The molecule has 0 saturated heterocycles. The van der Waals surface area contributed by atoms with E-state index < -0.39 is 0 Å². The number of allylic oxidation sites excluding steroid dienone is 3. The predicted molar refractivity (Wildman–Crippen MR) is 127 cm³/mol. The van der Waals surface area contributed by atoms with Gasteiger partial charge < -0.3 is 5.32 Å². The number of rotatable bonds is 5. The number of para-hydroxylation sites is 2. The van der Waals surface area contributed by atoms with Crippen LogP contribution in [0, 0.1) is 0 Å². The highest BCUT2D eigenvalue weighted by Crippen LogP contribution is 2.36. The van der Waals surface area contributed by atoms with Crippen molar-refractivity contribution in [1.82, 2.24) is 0 Å². The Labute approximate surface area is 179 Å². The van der Waals surface area contributed by atoms with Crippen LogP contribution >= 0.6 is 12.4 Å². The zero-order valence-corrected chi connectivity index (χ0v) is 17.1. The third kappa shape index (κ3) is 5.46. The summed E-state index contributed by atoms with van der Waals surface area (Å²) in [5.41, 5.74) is 7.26. The van der Waals surface area contributed by atoms with Gasteiger partial charge in [-0.3, -0.25) is 4.99 Å². The molecule has 0 aromatic heterocycles. The van der Waals surface area contributed by atoms with E-state index in [1.807, 2.05) is 54.7 Å². The van der Waals surface area contributed by atoms with E-state index in [1.165, 1.54) is 22.3 Å². The Kier molecular flexibility index (Phi) is 7.43. The maximum Gasteiger partial charge on any atom is 0.0629 e. The quantitative estimate of drug-likeness (QED) is 0.442. The van der Waals surface area contributed by atoms with Gasteiger partial charge in [-0.05, 0) is 65.8 Å². The maximum absolute atomic E-state index is 4.73. The van der Waals surface area contributed by atoms with Crippen LogP contribution in [0.4, 0.5) is 11.4 Å². The minimum Gasteiger partial charge on any atom is -0.361 e. The monoisotopic (exact) mass is 400 g/mol. The van der Waals surface area contributed by atoms with Gasteiger partial charge in [0, 0.05) is 18.1 Å². The van der Waals surface area contributed by atoms with Gasteiger partial charge in [0.1, 0.15) is 0 Å². The third-order valence-electron chi connectivity index (χ3n) is 4.91. The summed E-state index contributed by atoms with van der Waals surface area (Å²) in [6, 6.07) is 31.1. The van der Waals surface area contributed by atoms with Crippen molar-refractivity contribution in [2.45, 2.75) is 19.3 Å². The molecule has 3 heteroatoms. The Morgan fingerprint density at radius 2 is 1.34 bits per heavy atom. The van der Waals surface area contributed by atoms with Crippen LogP contribution in [0.15, 0.2) is 113 Å². The van der Waals surface area contributed by atoms with Gasteiger partial charge in [-0.2, -0.15) is 0 Å². The van der Waals surface area contributed by atoms with Crippen molar-refractivity contribution in [3.05, 3.63) is 114 Å². The lowest BCUT2D eigenvalue weighted by Crippen LogP contribution is -2.06. The van der Waals surface area contributed by atoms with Crippen molar-refractivity contribution >= 4 is 35.6 Å². The van der Waals surface area contributed by atoms with E-state index >= 15 is 0 Å². The van der Waals surface area contributed by atoms with E-state index in [0.29, 0.717) is 0 Å². The van der Waals surface area contributed by atoms with Gasteiger partial charge >= 0.3 is 0 Å². The highest BCUT2D eigenvalue weighted by atomic mass is 35.5. The molecule has 0 unspecified atom stereocenters. The molecule has 0 radical (unpaired) electrons. The van der Waals surface area contributed by atoms with E-state index in [2.05, 4.69) is 54.0 Å². The normalized spacial score (nSPS) is 15.4. The zero-order chi connectivity index (χ0) is 19.0. The van der Waals surface area contributed by atoms with Crippen molar-refractivity contribution < 1.29 is 0 Å². The van der Waals surface area contributed by atoms with Gasteiger partial charge in [-0.1, -0.05) is 66.7 Å². The van der Waals surface area contributed by atoms with Crippen molar-refractivity contribution in [2.24, 2.45) is 4.99 Å². The first-order valence-corrected chi connectivity index (χ1v) is 9.79. The van der Waals surface area contributed by atoms with E-state index in [4.69, 9.17) is 4.99 Å². The highest BCUT2D eigenvalue weighted by molar-refractivity contribution is 5.98. The van der Waals surface area contributed by atoms with Crippen LogP contribution in [0.3, 0.4) is 0 Å². The van der Waals surface area contributed by atoms with E-state index in [9.17, 15) is 0 Å². The van der Waals surface area contributed by atoms with E-state index in [-0.39, 0.29) is 12.4 Å². The summed E-state index contributed by atoms with van der Waals surface area (Å²) in [5.74, 6) is 0. The molecule has 0 heterocycles. The number of nitrogens with zero attached hydrogens (tertiary/aromatic N) is 1. The number of anilines is 1. The average Bonchev–Trinajstić information content (AvgIpc) is 2.78. The Morgan fingerprint density at radius 1 is 0.724 bits per heavy atom. The van der Waals surface area contributed by atoms with Crippen LogP contribution in [-0.2, 0) is 0 Å². The predicted octanol–water partition coefficient (Wildman–Crippen LogP) is 7.44. The molecule has 1 aliphatic rings. The molecule has 4 rings (SSSR count). The Hall–Kier alpha value is -3.10. The van der Waals surface area contributed by atoms with Gasteiger partial charge in [0.15, 0.2) is 0 Å². The number of benzene rings is 3. The Bertz CT molecular complexity index is 991. The zero-order valence-electron chi connectivity index (χ0n) is 16.3. The molecule has 0 spiro atoms. The fraction of sp³-hybridized carbons (Fsp3) is 0.115. The van der Waals surface area contributed by atoms with Crippen molar-refractivity contribution in [3.63, 3.8) is 0 Å². The van der Waals surface area contributed by atoms with Crippen LogP contribution in [0.25, 0.3) is 5.57 Å². The van der Waals surface area contributed by atoms with Crippen LogP contribution in [0.1, 0.15) is 24.8 Å². The minimum atomic E-state index is 0. The van der Waals surface area contributed by atoms with Gasteiger partial charge in [-0.25, -0.2) is 0 Å². The SMILES string of the molecule is C(=Nc1ccccc1)C1=C(c2ccccc2)C(=CNc2ccccc2)CCC1.Cl. The van der Waals surface area contributed by atoms with E-state index in [0.717, 1.165) is 30.6 Å². The Morgan fingerprint density at radius 3 is 2.03 bits per heavy atom. The molecular formula is C26H25ClN2. The molecule has 2 nitrogen and oxygen atoms in total.